The first-order valence-electron chi connectivity index (χ1n) is 10.3. The van der Waals surface area contributed by atoms with Crippen LogP contribution in [0.2, 0.25) is 0 Å². The smallest absolute Gasteiger partial charge is 0.238 e. The molecule has 0 aliphatic heterocycles. The molecule has 3 aliphatic rings. The molecule has 7 heteroatoms. The SMILES string of the molecule is CC(C)C(=O)c1ncc([C@H]2CC3CC2C3)cc1NC(=O)CNCc1ccncn1. The van der Waals surface area contributed by atoms with E-state index in [1.54, 1.807) is 12.3 Å². The Morgan fingerprint density at radius 1 is 1.21 bits per heavy atom. The number of hydrogen-bond donors (Lipinski definition) is 2. The van der Waals surface area contributed by atoms with Crippen LogP contribution in [-0.4, -0.2) is 33.2 Å². The number of carbonyl (C=O) groups is 2. The summed E-state index contributed by atoms with van der Waals surface area (Å²) in [7, 11) is 0. The number of rotatable bonds is 8. The molecule has 2 aromatic rings. The second-order valence-corrected chi connectivity index (χ2v) is 8.48. The number of ketones is 1. The number of nitrogens with zero attached hydrogens (tertiary/aromatic N) is 3. The zero-order valence-corrected chi connectivity index (χ0v) is 16.9. The van der Waals surface area contributed by atoms with Crippen LogP contribution in [0.15, 0.2) is 30.9 Å². The average molecular weight is 393 g/mol. The van der Waals surface area contributed by atoms with Crippen molar-refractivity contribution in [1.29, 1.82) is 0 Å². The lowest BCUT2D eigenvalue weighted by Gasteiger charge is -2.25. The first-order chi connectivity index (χ1) is 14.0. The summed E-state index contributed by atoms with van der Waals surface area (Å²) in [6.45, 7) is 4.28. The second kappa shape index (κ2) is 8.37. The maximum atomic E-state index is 12.6. The summed E-state index contributed by atoms with van der Waals surface area (Å²) in [5, 5.41) is 5.98. The molecule has 0 spiro atoms. The molecule has 2 bridgehead atoms. The number of fused-ring (bicyclic) bond motifs is 1. The average Bonchev–Trinajstić information content (AvgIpc) is 3.29. The second-order valence-electron chi connectivity index (χ2n) is 8.48. The highest BCUT2D eigenvalue weighted by atomic mass is 16.2. The predicted octanol–water partition coefficient (Wildman–Crippen LogP) is 2.95. The van der Waals surface area contributed by atoms with Gasteiger partial charge in [0.1, 0.15) is 12.0 Å². The molecule has 0 radical (unpaired) electrons. The molecule has 3 saturated carbocycles. The van der Waals surface area contributed by atoms with Crippen molar-refractivity contribution in [3.63, 3.8) is 0 Å². The Labute approximate surface area is 170 Å². The lowest BCUT2D eigenvalue weighted by Crippen LogP contribution is -2.29. The van der Waals surface area contributed by atoms with Crippen LogP contribution < -0.4 is 10.6 Å². The van der Waals surface area contributed by atoms with E-state index in [9.17, 15) is 9.59 Å². The van der Waals surface area contributed by atoms with Gasteiger partial charge in [-0.25, -0.2) is 9.97 Å². The van der Waals surface area contributed by atoms with Gasteiger partial charge in [0.2, 0.25) is 5.91 Å². The molecule has 3 fully saturated rings. The van der Waals surface area contributed by atoms with Crippen molar-refractivity contribution in [2.45, 2.75) is 45.6 Å². The minimum Gasteiger partial charge on any atom is -0.323 e. The predicted molar refractivity (Wildman–Crippen MR) is 109 cm³/mol. The van der Waals surface area contributed by atoms with Crippen molar-refractivity contribution in [2.24, 2.45) is 17.8 Å². The number of carbonyl (C=O) groups excluding carboxylic acids is 2. The molecule has 2 N–H and O–H groups in total. The molecule has 5 rings (SSSR count). The molecule has 3 aliphatic carbocycles. The highest BCUT2D eigenvalue weighted by Gasteiger charge is 2.45. The van der Waals surface area contributed by atoms with Crippen molar-refractivity contribution in [2.75, 3.05) is 11.9 Å². The summed E-state index contributed by atoms with van der Waals surface area (Å²) in [5.74, 6) is 1.63. The van der Waals surface area contributed by atoms with Gasteiger partial charge in [-0.15, -0.1) is 0 Å². The fourth-order valence-corrected chi connectivity index (χ4v) is 4.44. The maximum Gasteiger partial charge on any atom is 0.238 e. The molecular formula is C22H27N5O2. The minimum atomic E-state index is -0.202. The number of aromatic nitrogens is 3. The Morgan fingerprint density at radius 3 is 2.69 bits per heavy atom. The number of nitrogens with one attached hydrogen (secondary N) is 2. The van der Waals surface area contributed by atoms with E-state index in [-0.39, 0.29) is 24.2 Å². The normalized spacial score (nSPS) is 22.4. The van der Waals surface area contributed by atoms with Gasteiger partial charge in [-0.2, -0.15) is 0 Å². The Hall–Kier alpha value is -2.67. The Balaban J connectivity index is 1.45. The third kappa shape index (κ3) is 4.34. The van der Waals surface area contributed by atoms with Gasteiger partial charge in [0.25, 0.3) is 0 Å². The van der Waals surface area contributed by atoms with E-state index >= 15 is 0 Å². The summed E-state index contributed by atoms with van der Waals surface area (Å²) >= 11 is 0. The molecule has 0 unspecified atom stereocenters. The topological polar surface area (TPSA) is 96.9 Å². The van der Waals surface area contributed by atoms with Gasteiger partial charge < -0.3 is 10.6 Å². The van der Waals surface area contributed by atoms with Crippen LogP contribution in [-0.2, 0) is 11.3 Å². The maximum absolute atomic E-state index is 12.6. The third-order valence-corrected chi connectivity index (χ3v) is 6.03. The fraction of sp³-hybridized carbons (Fsp3) is 0.500. The molecule has 0 saturated heterocycles. The van der Waals surface area contributed by atoms with Gasteiger partial charge in [0, 0.05) is 24.9 Å². The molecule has 7 nitrogen and oxygen atoms in total. The first-order valence-corrected chi connectivity index (χ1v) is 10.3. The van der Waals surface area contributed by atoms with Crippen LogP contribution in [0.5, 0.6) is 0 Å². The van der Waals surface area contributed by atoms with Crippen LogP contribution in [0.25, 0.3) is 0 Å². The number of hydrogen-bond acceptors (Lipinski definition) is 6. The van der Waals surface area contributed by atoms with E-state index < -0.39 is 0 Å². The standard InChI is InChI=1S/C22H27N5O2/c1-13(2)22(29)21-19(8-16(9-25-21)18-7-14-5-15(18)6-14)27-20(28)11-24-10-17-3-4-23-12-26-17/h3-4,8-9,12-15,18,24H,5-7,10-11H2,1-2H3,(H,27,28)/t14?,15?,18-/m0/s1. The van der Waals surface area contributed by atoms with E-state index in [1.165, 1.54) is 25.6 Å². The minimum absolute atomic E-state index is 0.0588. The molecule has 29 heavy (non-hydrogen) atoms. The van der Waals surface area contributed by atoms with E-state index in [4.69, 9.17) is 0 Å². The molecule has 0 aromatic carbocycles. The molecular weight excluding hydrogens is 366 g/mol. The van der Waals surface area contributed by atoms with Gasteiger partial charge in [0.05, 0.1) is 17.9 Å². The van der Waals surface area contributed by atoms with E-state index in [0.29, 0.717) is 23.8 Å². The largest absolute Gasteiger partial charge is 0.323 e. The summed E-state index contributed by atoms with van der Waals surface area (Å²) in [4.78, 5) is 37.6. The molecule has 2 aromatic heterocycles. The van der Waals surface area contributed by atoms with Crippen LogP contribution in [0.3, 0.4) is 0 Å². The lowest BCUT2D eigenvalue weighted by atomic mass is 9.81. The molecule has 1 atom stereocenters. The van der Waals surface area contributed by atoms with Crippen LogP contribution in [0, 0.1) is 17.8 Å². The molecule has 2 heterocycles. The quantitative estimate of drug-likeness (QED) is 0.670. The first kappa shape index (κ1) is 19.6. The van der Waals surface area contributed by atoms with Gasteiger partial charge in [-0.05, 0) is 54.7 Å². The third-order valence-electron chi connectivity index (χ3n) is 6.03. The van der Waals surface area contributed by atoms with E-state index in [2.05, 4.69) is 25.6 Å². The van der Waals surface area contributed by atoms with Crippen molar-refractivity contribution >= 4 is 17.4 Å². The zero-order chi connectivity index (χ0) is 20.4. The Kier molecular flexibility index (Phi) is 5.67. The van der Waals surface area contributed by atoms with Crippen LogP contribution >= 0.6 is 0 Å². The number of Topliss-reactive ketones (excluding diaryl/α,β-unsaturated/α-hetero) is 1. The highest BCUT2D eigenvalue weighted by molar-refractivity contribution is 6.04. The highest BCUT2D eigenvalue weighted by Crippen LogP contribution is 2.56. The summed E-state index contributed by atoms with van der Waals surface area (Å²) < 4.78 is 0. The number of amides is 1. The Bertz CT molecular complexity index is 893. The molecule has 152 valence electrons. The molecule has 1 amide bonds. The van der Waals surface area contributed by atoms with Crippen molar-refractivity contribution in [3.05, 3.63) is 47.8 Å². The van der Waals surface area contributed by atoms with Gasteiger partial charge in [-0.3, -0.25) is 14.6 Å². The lowest BCUT2D eigenvalue weighted by molar-refractivity contribution is -0.115. The van der Waals surface area contributed by atoms with Gasteiger partial charge in [0.15, 0.2) is 5.78 Å². The summed E-state index contributed by atoms with van der Waals surface area (Å²) in [5.41, 5.74) is 2.82. The van der Waals surface area contributed by atoms with Crippen LogP contribution in [0.4, 0.5) is 5.69 Å². The van der Waals surface area contributed by atoms with Crippen molar-refractivity contribution in [1.82, 2.24) is 20.3 Å². The van der Waals surface area contributed by atoms with Crippen LogP contribution in [0.1, 0.15) is 60.8 Å². The van der Waals surface area contributed by atoms with Crippen molar-refractivity contribution < 1.29 is 9.59 Å². The summed E-state index contributed by atoms with van der Waals surface area (Å²) in [6.07, 6.45) is 8.77. The number of anilines is 1. The monoisotopic (exact) mass is 393 g/mol. The van der Waals surface area contributed by atoms with Crippen molar-refractivity contribution in [3.8, 4) is 0 Å². The zero-order valence-electron chi connectivity index (χ0n) is 16.9. The number of pyridine rings is 1. The summed E-state index contributed by atoms with van der Waals surface area (Å²) in [6, 6.07) is 3.76. The fourth-order valence-electron chi connectivity index (χ4n) is 4.44. The van der Waals surface area contributed by atoms with Gasteiger partial charge in [-0.1, -0.05) is 13.8 Å². The Morgan fingerprint density at radius 2 is 2.03 bits per heavy atom. The van der Waals surface area contributed by atoms with E-state index in [1.807, 2.05) is 26.1 Å². The van der Waals surface area contributed by atoms with E-state index in [0.717, 1.165) is 23.1 Å². The van der Waals surface area contributed by atoms with Gasteiger partial charge >= 0.3 is 0 Å².